The van der Waals surface area contributed by atoms with Crippen LogP contribution in [0.5, 0.6) is 0 Å². The molecule has 8 rings (SSSR count). The van der Waals surface area contributed by atoms with Crippen LogP contribution in [0.3, 0.4) is 0 Å². The number of likely N-dealkylation sites (tertiary alicyclic amines) is 1. The second kappa shape index (κ2) is 16.3. The normalized spacial score (nSPS) is 20.3. The van der Waals surface area contributed by atoms with Crippen molar-refractivity contribution in [3.8, 4) is 15.4 Å². The van der Waals surface area contributed by atoms with Crippen LogP contribution in [0.4, 0.5) is 0 Å². The molecule has 5 atom stereocenters. The Bertz CT molecular complexity index is 2510. The minimum atomic E-state index is -1.07. The number of thiophene rings is 1. The van der Waals surface area contributed by atoms with Gasteiger partial charge < -0.3 is 25.4 Å². The predicted octanol–water partition coefficient (Wildman–Crippen LogP) is 7.02. The van der Waals surface area contributed by atoms with Crippen molar-refractivity contribution in [2.45, 2.75) is 124 Å². The number of hydrogen-bond acceptors (Lipinski definition) is 11. The highest BCUT2D eigenvalue weighted by Gasteiger charge is 2.54. The van der Waals surface area contributed by atoms with Gasteiger partial charge in [0.25, 0.3) is 5.91 Å². The van der Waals surface area contributed by atoms with Crippen molar-refractivity contribution in [3.05, 3.63) is 104 Å². The Hall–Kier alpha value is -5.09. The summed E-state index contributed by atoms with van der Waals surface area (Å²) in [6, 6.07) is 13.7. The summed E-state index contributed by atoms with van der Waals surface area (Å²) >= 11 is 3.31. The number of β-amino-alcohol motifs (C(OH)–C–C–N with tert-alkyl or cyclic N) is 1. The van der Waals surface area contributed by atoms with Gasteiger partial charge >= 0.3 is 0 Å². The summed E-state index contributed by atoms with van der Waals surface area (Å²) in [5, 5.41) is 26.7. The summed E-state index contributed by atoms with van der Waals surface area (Å²) in [7, 11) is 0. The third-order valence-corrected chi connectivity index (χ3v) is 14.4. The molecule has 3 amide bonds. The zero-order chi connectivity index (χ0) is 43.5. The molecule has 320 valence electrons. The van der Waals surface area contributed by atoms with Crippen LogP contribution >= 0.6 is 22.7 Å². The van der Waals surface area contributed by atoms with Crippen LogP contribution in [-0.2, 0) is 25.7 Å². The van der Waals surface area contributed by atoms with Gasteiger partial charge in [-0.3, -0.25) is 23.9 Å². The van der Waals surface area contributed by atoms with E-state index in [1.165, 1.54) is 15.3 Å². The van der Waals surface area contributed by atoms with E-state index in [9.17, 15) is 19.5 Å². The minimum absolute atomic E-state index is 0.00652. The lowest BCUT2D eigenvalue weighted by molar-refractivity contribution is -0.147. The van der Waals surface area contributed by atoms with E-state index in [0.717, 1.165) is 60.7 Å². The average Bonchev–Trinajstić information content (AvgIpc) is 3.40. The zero-order valence-electron chi connectivity index (χ0n) is 36.2. The number of amides is 3. The molecule has 1 aliphatic carbocycles. The number of rotatable bonds is 11. The minimum Gasteiger partial charge on any atom is -0.391 e. The van der Waals surface area contributed by atoms with Gasteiger partial charge in [0, 0.05) is 29.0 Å². The maximum Gasteiger partial charge on any atom is 0.252 e. The highest BCUT2D eigenvalue weighted by molar-refractivity contribution is 7.15. The SMILES string of the molecule is Cc1ncsc1-c1ccc([C@H](C)NC(=O)[C@@H]2C[C@@H](O)CN2C(=O)[C@@H](NC(=O)C2(OCc3ccc(C4=N[C@@H](C)c5nnc(C)n5-c5sc(C)c(C)c54)cc3)CC2)C(C)(C)C)cc1. The molecule has 2 aromatic carbocycles. The van der Waals surface area contributed by atoms with Gasteiger partial charge in [-0.25, -0.2) is 4.98 Å². The molecule has 5 heterocycles. The molecule has 3 N–H and O–H groups in total. The molecule has 0 radical (unpaired) electrons. The summed E-state index contributed by atoms with van der Waals surface area (Å²) in [5.74, 6) is 0.525. The molecular formula is C46H54N8O5S2. The van der Waals surface area contributed by atoms with Crippen molar-refractivity contribution in [3.63, 3.8) is 0 Å². The second-order valence-electron chi connectivity index (χ2n) is 17.8. The lowest BCUT2D eigenvalue weighted by atomic mass is 9.85. The summed E-state index contributed by atoms with van der Waals surface area (Å²) in [6.45, 7) is 18.0. The summed E-state index contributed by atoms with van der Waals surface area (Å²) in [4.78, 5) is 55.4. The molecule has 2 fully saturated rings. The van der Waals surface area contributed by atoms with E-state index in [2.05, 4.69) is 44.2 Å². The van der Waals surface area contributed by atoms with Gasteiger partial charge in [0.05, 0.1) is 40.5 Å². The van der Waals surface area contributed by atoms with Crippen LogP contribution in [0.25, 0.3) is 15.4 Å². The van der Waals surface area contributed by atoms with Gasteiger partial charge in [0.1, 0.15) is 34.6 Å². The first kappa shape index (κ1) is 42.6. The first-order valence-corrected chi connectivity index (χ1v) is 22.6. The number of benzene rings is 2. The molecule has 1 saturated carbocycles. The van der Waals surface area contributed by atoms with Gasteiger partial charge in [-0.05, 0) is 82.1 Å². The van der Waals surface area contributed by atoms with Crippen LogP contribution in [0.1, 0.15) is 116 Å². The standard InChI is InChI=1S/C46H54N8O5S2/c1-24-28(5)61-43-36(24)37(48-27(4)40-52-51-29(6)54(40)43)32-12-10-30(11-13-32)22-59-46(18-19-46)44(58)50-39(45(7,8)9)42(57)53-21-34(55)20-35(53)41(56)49-25(2)31-14-16-33(17-15-31)38-26(3)47-23-60-38/h10-17,23,25,27,34-35,39,55H,18-22H2,1-9H3,(H,49,56)(H,50,58)/t25-,27-,34+,35-,39+/m0/s1. The van der Waals surface area contributed by atoms with Gasteiger partial charge in [0.15, 0.2) is 5.82 Å². The number of aliphatic hydroxyl groups excluding tert-OH is 1. The number of aliphatic hydroxyl groups is 1. The molecule has 1 saturated heterocycles. The lowest BCUT2D eigenvalue weighted by Crippen LogP contribution is -2.59. The molecule has 5 aromatic rings. The summed E-state index contributed by atoms with van der Waals surface area (Å²) < 4.78 is 8.48. The van der Waals surface area contributed by atoms with Gasteiger partial charge in [-0.1, -0.05) is 69.3 Å². The molecule has 15 heteroatoms. The fourth-order valence-electron chi connectivity index (χ4n) is 8.29. The lowest BCUT2D eigenvalue weighted by Gasteiger charge is -2.36. The van der Waals surface area contributed by atoms with Crippen molar-refractivity contribution in [2.75, 3.05) is 6.54 Å². The fraction of sp³-hybridized carbons (Fsp3) is 0.457. The number of nitrogens with zero attached hydrogens (tertiary/aromatic N) is 6. The van der Waals surface area contributed by atoms with Crippen molar-refractivity contribution in [2.24, 2.45) is 10.4 Å². The van der Waals surface area contributed by atoms with Crippen LogP contribution < -0.4 is 10.6 Å². The first-order valence-electron chi connectivity index (χ1n) is 20.9. The Morgan fingerprint density at radius 1 is 0.984 bits per heavy atom. The highest BCUT2D eigenvalue weighted by Crippen LogP contribution is 2.42. The van der Waals surface area contributed by atoms with Gasteiger partial charge in [0.2, 0.25) is 11.8 Å². The van der Waals surface area contributed by atoms with E-state index in [1.54, 1.807) is 22.7 Å². The number of thiazole rings is 1. The monoisotopic (exact) mass is 862 g/mol. The first-order chi connectivity index (χ1) is 29.0. The van der Waals surface area contributed by atoms with Gasteiger partial charge in [-0.2, -0.15) is 0 Å². The van der Waals surface area contributed by atoms with Crippen LogP contribution in [0.15, 0.2) is 59.0 Å². The largest absolute Gasteiger partial charge is 0.391 e. The van der Waals surface area contributed by atoms with Crippen LogP contribution in [0, 0.1) is 33.1 Å². The molecule has 13 nitrogen and oxygen atoms in total. The van der Waals surface area contributed by atoms with E-state index < -0.39 is 35.1 Å². The predicted molar refractivity (Wildman–Crippen MR) is 237 cm³/mol. The number of aromatic nitrogens is 4. The Labute approximate surface area is 364 Å². The Balaban J connectivity index is 0.921. The van der Waals surface area contributed by atoms with Gasteiger partial charge in [-0.15, -0.1) is 32.9 Å². The fourth-order valence-corrected chi connectivity index (χ4v) is 10.3. The number of aryl methyl sites for hydroxylation is 3. The number of aliphatic imine (C=N–C) groups is 1. The molecule has 0 spiro atoms. The van der Waals surface area contributed by atoms with E-state index in [0.29, 0.717) is 12.8 Å². The summed E-state index contributed by atoms with van der Waals surface area (Å²) in [6.07, 6.45) is 0.277. The van der Waals surface area contributed by atoms with Crippen molar-refractivity contribution >= 4 is 46.1 Å². The molecule has 61 heavy (non-hydrogen) atoms. The number of ether oxygens (including phenoxy) is 1. The van der Waals surface area contributed by atoms with E-state index in [-0.39, 0.29) is 43.5 Å². The quantitative estimate of drug-likeness (QED) is 0.128. The topological polar surface area (TPSA) is 164 Å². The number of fused-ring (bicyclic) bond motifs is 3. The molecule has 3 aliphatic rings. The van der Waals surface area contributed by atoms with Crippen LogP contribution in [0.2, 0.25) is 0 Å². The molecule has 3 aromatic heterocycles. The smallest absolute Gasteiger partial charge is 0.252 e. The Kier molecular flexibility index (Phi) is 11.4. The molecule has 0 bridgehead atoms. The van der Waals surface area contributed by atoms with E-state index >= 15 is 0 Å². The third kappa shape index (κ3) is 8.20. The number of carbonyl (C=O) groups is 3. The van der Waals surface area contributed by atoms with Crippen molar-refractivity contribution < 1.29 is 24.2 Å². The van der Waals surface area contributed by atoms with E-state index in [4.69, 9.17) is 9.73 Å². The van der Waals surface area contributed by atoms with Crippen LogP contribution in [-0.4, -0.2) is 83.5 Å². The van der Waals surface area contributed by atoms with Crippen molar-refractivity contribution in [1.82, 2.24) is 35.3 Å². The molecular weight excluding hydrogens is 809 g/mol. The number of hydrogen-bond donors (Lipinski definition) is 3. The zero-order valence-corrected chi connectivity index (χ0v) is 37.8. The second-order valence-corrected chi connectivity index (χ2v) is 19.9. The Morgan fingerprint density at radius 2 is 1.67 bits per heavy atom. The maximum atomic E-state index is 14.4. The number of carbonyl (C=O) groups excluding carboxylic acids is 3. The Morgan fingerprint density at radius 3 is 2.31 bits per heavy atom. The summed E-state index contributed by atoms with van der Waals surface area (Å²) in [5.41, 5.74) is 8.05. The average molecular weight is 863 g/mol. The third-order valence-electron chi connectivity index (χ3n) is 12.2. The maximum absolute atomic E-state index is 14.4. The van der Waals surface area contributed by atoms with E-state index in [1.807, 2.05) is 103 Å². The number of nitrogens with one attached hydrogen (secondary N) is 2. The molecule has 0 unspecified atom stereocenters. The molecule has 2 aliphatic heterocycles. The van der Waals surface area contributed by atoms with Crippen molar-refractivity contribution in [1.29, 1.82) is 0 Å². The highest BCUT2D eigenvalue weighted by atomic mass is 32.1.